The summed E-state index contributed by atoms with van der Waals surface area (Å²) >= 11 is 8.99. The van der Waals surface area contributed by atoms with Gasteiger partial charge in [-0.1, -0.05) is 22.9 Å². The lowest BCUT2D eigenvalue weighted by molar-refractivity contribution is 0.0949. The van der Waals surface area contributed by atoms with E-state index >= 15 is 0 Å². The number of aromatic nitrogens is 3. The van der Waals surface area contributed by atoms with Gasteiger partial charge in [0.25, 0.3) is 5.91 Å². The molecule has 1 N–H and O–H groups in total. The standard InChI is InChI=1S/C17H13BrClFN4O/c18-14-9-11(1-6-15(14)20)7-8-21-17(25)16-10-24(23-22-16)13-4-2-12(19)3-5-13/h1-6,9-10H,7-8H2,(H,21,25). The number of hydrogen-bond donors (Lipinski definition) is 1. The van der Waals surface area contributed by atoms with Crippen LogP contribution in [0.25, 0.3) is 5.69 Å². The van der Waals surface area contributed by atoms with E-state index in [2.05, 4.69) is 31.6 Å². The molecular weight excluding hydrogens is 411 g/mol. The Morgan fingerprint density at radius 1 is 1.24 bits per heavy atom. The molecular formula is C17H13BrClFN4O. The van der Waals surface area contributed by atoms with Gasteiger partial charge in [-0.15, -0.1) is 5.10 Å². The Kier molecular flexibility index (Phi) is 5.45. The highest BCUT2D eigenvalue weighted by atomic mass is 79.9. The molecule has 0 unspecified atom stereocenters. The topological polar surface area (TPSA) is 59.8 Å². The molecule has 5 nitrogen and oxygen atoms in total. The maximum absolute atomic E-state index is 13.2. The molecule has 0 radical (unpaired) electrons. The van der Waals surface area contributed by atoms with Gasteiger partial charge in [0.15, 0.2) is 5.69 Å². The molecule has 0 saturated carbocycles. The first-order valence-electron chi connectivity index (χ1n) is 7.43. The fraction of sp³-hybridized carbons (Fsp3) is 0.118. The largest absolute Gasteiger partial charge is 0.350 e. The Balaban J connectivity index is 1.58. The highest BCUT2D eigenvalue weighted by Crippen LogP contribution is 2.17. The van der Waals surface area contributed by atoms with Crippen molar-refractivity contribution in [3.63, 3.8) is 0 Å². The Morgan fingerprint density at radius 2 is 2.00 bits per heavy atom. The smallest absolute Gasteiger partial charge is 0.273 e. The second-order valence-electron chi connectivity index (χ2n) is 5.28. The van der Waals surface area contributed by atoms with Crippen LogP contribution in [0.2, 0.25) is 5.02 Å². The van der Waals surface area contributed by atoms with Crippen molar-refractivity contribution in [1.29, 1.82) is 0 Å². The van der Waals surface area contributed by atoms with E-state index in [1.54, 1.807) is 42.6 Å². The van der Waals surface area contributed by atoms with Gasteiger partial charge in [0, 0.05) is 11.6 Å². The van der Waals surface area contributed by atoms with Gasteiger partial charge in [0.05, 0.1) is 16.4 Å². The molecule has 0 aliphatic rings. The highest BCUT2D eigenvalue weighted by Gasteiger charge is 2.11. The number of nitrogens with one attached hydrogen (secondary N) is 1. The zero-order chi connectivity index (χ0) is 17.8. The normalized spacial score (nSPS) is 10.7. The van der Waals surface area contributed by atoms with Crippen LogP contribution in [0.15, 0.2) is 53.1 Å². The molecule has 128 valence electrons. The molecule has 0 fully saturated rings. The van der Waals surface area contributed by atoms with Crippen molar-refractivity contribution in [3.8, 4) is 5.69 Å². The van der Waals surface area contributed by atoms with Crippen LogP contribution in [0.3, 0.4) is 0 Å². The van der Waals surface area contributed by atoms with E-state index < -0.39 is 0 Å². The minimum Gasteiger partial charge on any atom is -0.350 e. The Labute approximate surface area is 156 Å². The zero-order valence-electron chi connectivity index (χ0n) is 12.9. The number of carbonyl (C=O) groups is 1. The molecule has 1 heterocycles. The first-order valence-corrected chi connectivity index (χ1v) is 8.60. The van der Waals surface area contributed by atoms with Gasteiger partial charge in [0.1, 0.15) is 5.82 Å². The molecule has 0 atom stereocenters. The van der Waals surface area contributed by atoms with E-state index in [4.69, 9.17) is 11.6 Å². The van der Waals surface area contributed by atoms with Crippen LogP contribution in [0.4, 0.5) is 4.39 Å². The summed E-state index contributed by atoms with van der Waals surface area (Å²) in [4.78, 5) is 12.1. The lowest BCUT2D eigenvalue weighted by Crippen LogP contribution is -2.26. The zero-order valence-corrected chi connectivity index (χ0v) is 15.3. The van der Waals surface area contributed by atoms with Crippen LogP contribution >= 0.6 is 27.5 Å². The molecule has 1 aromatic heterocycles. The fourth-order valence-corrected chi connectivity index (χ4v) is 2.75. The first kappa shape index (κ1) is 17.6. The number of halogens is 3. The molecule has 25 heavy (non-hydrogen) atoms. The number of amides is 1. The quantitative estimate of drug-likeness (QED) is 0.679. The third-order valence-electron chi connectivity index (χ3n) is 3.50. The third-order valence-corrected chi connectivity index (χ3v) is 4.36. The molecule has 0 aliphatic heterocycles. The summed E-state index contributed by atoms with van der Waals surface area (Å²) in [5.74, 6) is -0.631. The molecule has 0 aliphatic carbocycles. The summed E-state index contributed by atoms with van der Waals surface area (Å²) in [5.41, 5.74) is 1.89. The van der Waals surface area contributed by atoms with E-state index in [1.165, 1.54) is 10.7 Å². The van der Waals surface area contributed by atoms with Crippen LogP contribution in [0, 0.1) is 5.82 Å². The van der Waals surface area contributed by atoms with E-state index in [-0.39, 0.29) is 17.4 Å². The van der Waals surface area contributed by atoms with E-state index in [0.29, 0.717) is 22.5 Å². The summed E-state index contributed by atoms with van der Waals surface area (Å²) in [6.45, 7) is 0.407. The van der Waals surface area contributed by atoms with Crippen molar-refractivity contribution in [2.75, 3.05) is 6.54 Å². The lowest BCUT2D eigenvalue weighted by Gasteiger charge is -2.04. The summed E-state index contributed by atoms with van der Waals surface area (Å²) in [6.07, 6.45) is 2.13. The van der Waals surface area contributed by atoms with Gasteiger partial charge in [-0.25, -0.2) is 9.07 Å². The minimum atomic E-state index is -0.318. The Hall–Kier alpha value is -2.25. The van der Waals surface area contributed by atoms with Crippen LogP contribution < -0.4 is 5.32 Å². The van der Waals surface area contributed by atoms with Gasteiger partial charge in [0.2, 0.25) is 0 Å². The predicted octanol–water partition coefficient (Wildman–Crippen LogP) is 3.79. The molecule has 0 bridgehead atoms. The lowest BCUT2D eigenvalue weighted by atomic mass is 10.1. The van der Waals surface area contributed by atoms with Crippen molar-refractivity contribution in [1.82, 2.24) is 20.3 Å². The average molecular weight is 424 g/mol. The number of nitrogens with zero attached hydrogens (tertiary/aromatic N) is 3. The van der Waals surface area contributed by atoms with Crippen LogP contribution in [-0.2, 0) is 6.42 Å². The van der Waals surface area contributed by atoms with Crippen LogP contribution in [0.1, 0.15) is 16.1 Å². The van der Waals surface area contributed by atoms with Crippen molar-refractivity contribution < 1.29 is 9.18 Å². The molecule has 1 amide bonds. The van der Waals surface area contributed by atoms with Crippen molar-refractivity contribution in [2.24, 2.45) is 0 Å². The third kappa shape index (κ3) is 4.43. The van der Waals surface area contributed by atoms with Crippen molar-refractivity contribution >= 4 is 33.4 Å². The first-order chi connectivity index (χ1) is 12.0. The maximum Gasteiger partial charge on any atom is 0.273 e. The van der Waals surface area contributed by atoms with Crippen molar-refractivity contribution in [2.45, 2.75) is 6.42 Å². The van der Waals surface area contributed by atoms with Gasteiger partial charge < -0.3 is 5.32 Å². The molecule has 0 spiro atoms. The van der Waals surface area contributed by atoms with Crippen molar-refractivity contribution in [3.05, 3.63) is 75.2 Å². The SMILES string of the molecule is O=C(NCCc1ccc(F)c(Br)c1)c1cn(-c2ccc(Cl)cc2)nn1. The van der Waals surface area contributed by atoms with Crippen LogP contribution in [-0.4, -0.2) is 27.4 Å². The Bertz CT molecular complexity index is 898. The van der Waals surface area contributed by atoms with Gasteiger partial charge >= 0.3 is 0 Å². The minimum absolute atomic E-state index is 0.218. The Morgan fingerprint density at radius 3 is 2.72 bits per heavy atom. The maximum atomic E-state index is 13.2. The molecule has 3 aromatic rings. The van der Waals surface area contributed by atoms with Crippen LogP contribution in [0.5, 0.6) is 0 Å². The molecule has 2 aromatic carbocycles. The predicted molar refractivity (Wildman–Crippen MR) is 96.5 cm³/mol. The number of rotatable bonds is 5. The average Bonchev–Trinajstić information content (AvgIpc) is 3.09. The second-order valence-corrected chi connectivity index (χ2v) is 6.57. The highest BCUT2D eigenvalue weighted by molar-refractivity contribution is 9.10. The molecule has 0 saturated heterocycles. The number of benzene rings is 2. The van der Waals surface area contributed by atoms with Gasteiger partial charge in [-0.2, -0.15) is 0 Å². The summed E-state index contributed by atoms with van der Waals surface area (Å²) < 4.78 is 15.1. The van der Waals surface area contributed by atoms with E-state index in [0.717, 1.165) is 11.3 Å². The number of carbonyl (C=O) groups excluding carboxylic acids is 1. The monoisotopic (exact) mass is 422 g/mol. The summed E-state index contributed by atoms with van der Waals surface area (Å²) in [5, 5.41) is 11.2. The summed E-state index contributed by atoms with van der Waals surface area (Å²) in [7, 11) is 0. The van der Waals surface area contributed by atoms with Gasteiger partial charge in [-0.3, -0.25) is 4.79 Å². The number of hydrogen-bond acceptors (Lipinski definition) is 3. The van der Waals surface area contributed by atoms with E-state index in [1.807, 2.05) is 0 Å². The fourth-order valence-electron chi connectivity index (χ4n) is 2.19. The molecule has 8 heteroatoms. The molecule has 3 rings (SSSR count). The summed E-state index contributed by atoms with van der Waals surface area (Å²) in [6, 6.07) is 11.8. The van der Waals surface area contributed by atoms with Gasteiger partial charge in [-0.05, 0) is 64.3 Å². The second kappa shape index (κ2) is 7.76. The van der Waals surface area contributed by atoms with E-state index in [9.17, 15) is 9.18 Å².